The predicted molar refractivity (Wildman–Crippen MR) is 358 cm³/mol. The number of benzene rings is 5. The lowest BCUT2D eigenvalue weighted by molar-refractivity contribution is -0.134. The summed E-state index contributed by atoms with van der Waals surface area (Å²) in [5.41, 5.74) is 14.3. The van der Waals surface area contributed by atoms with Gasteiger partial charge in [-0.05, 0) is 123 Å². The molecule has 1 fully saturated rings. The van der Waals surface area contributed by atoms with Crippen LogP contribution >= 0.6 is 7.82 Å². The predicted octanol–water partition coefficient (Wildman–Crippen LogP) is 6.21. The molecule has 0 spiro atoms. The first-order valence-electron chi connectivity index (χ1n) is 31.8. The number of carbonyl (C=O) groups is 5. The number of hydroxylamine groups is 1. The highest BCUT2D eigenvalue weighted by Gasteiger charge is 2.45. The number of aliphatic hydroxyl groups is 2. The fourth-order valence-corrected chi connectivity index (χ4v) is 11.1. The molecule has 7 rings (SSSR count). The van der Waals surface area contributed by atoms with Crippen molar-refractivity contribution in [2.24, 2.45) is 22.6 Å². The van der Waals surface area contributed by atoms with Crippen LogP contribution < -0.4 is 58.7 Å². The summed E-state index contributed by atoms with van der Waals surface area (Å²) >= 11 is 0. The number of alkyl carbamates (subject to hydrolysis) is 1. The highest BCUT2D eigenvalue weighted by Crippen LogP contribution is 2.46. The number of rotatable bonds is 34. The van der Waals surface area contributed by atoms with Crippen LogP contribution in [0, 0.1) is 11.8 Å². The molecule has 1 saturated heterocycles. The summed E-state index contributed by atoms with van der Waals surface area (Å²) in [5, 5.41) is 39.2. The number of ether oxygens (including phenoxy) is 4. The van der Waals surface area contributed by atoms with Crippen molar-refractivity contribution < 1.29 is 71.7 Å². The normalized spacial score (nSPS) is 17.3. The SMILES string of the molecule is CC(C)CCOc1ccc2ccccc2c1-c1c(OCCNC(=O)C(CCCCNC(=O)OC(C)(C)C)NC(=O)C(CCCN=C(N)NOP(=O)(O)OC[C@H]2O[C@@H](n3ccc(N)nc3=O)[C@H](O)[C@@H]2O)NC(=O)C(CC(C)C)NC(=O)Cc2ccccc2)ccc2ccccc12. The van der Waals surface area contributed by atoms with E-state index in [-0.39, 0.29) is 70.1 Å². The van der Waals surface area contributed by atoms with Crippen LogP contribution in [-0.4, -0.2) is 142 Å². The average molecular weight is 1340 g/mol. The molecule has 0 radical (unpaired) electrons. The number of guanidine groups is 1. The van der Waals surface area contributed by atoms with Gasteiger partial charge in [0.1, 0.15) is 66.0 Å². The Kier molecular flexibility index (Phi) is 27.3. The van der Waals surface area contributed by atoms with Crippen LogP contribution in [0.2, 0.25) is 0 Å². The van der Waals surface area contributed by atoms with E-state index in [1.54, 1.807) is 45.0 Å². The van der Waals surface area contributed by atoms with Crippen molar-refractivity contribution >= 4 is 70.9 Å². The minimum absolute atomic E-state index is 0.00369. The molecule has 5 amide bonds. The number of fused-ring (bicyclic) bond motifs is 2. The van der Waals surface area contributed by atoms with Gasteiger partial charge in [-0.15, -0.1) is 0 Å². The molecule has 95 heavy (non-hydrogen) atoms. The first-order chi connectivity index (χ1) is 45.2. The molecular formula is C67H90N11O16P. The highest BCUT2D eigenvalue weighted by atomic mass is 31.2. The third-order valence-corrected chi connectivity index (χ3v) is 15.9. The first-order valence-corrected chi connectivity index (χ1v) is 33.3. The van der Waals surface area contributed by atoms with Crippen LogP contribution in [0.5, 0.6) is 11.5 Å². The van der Waals surface area contributed by atoms with E-state index >= 15 is 0 Å². The molecule has 27 nitrogen and oxygen atoms in total. The lowest BCUT2D eigenvalue weighted by Gasteiger charge is -2.26. The number of unbranched alkanes of at least 4 members (excludes halogenated alkanes) is 1. The van der Waals surface area contributed by atoms with E-state index in [2.05, 4.69) is 56.5 Å². The third-order valence-electron chi connectivity index (χ3n) is 15.1. The fraction of sp³-hybridized carbons (Fsp3) is 0.463. The largest absolute Gasteiger partial charge is 0.493 e. The van der Waals surface area contributed by atoms with Gasteiger partial charge < -0.3 is 72.1 Å². The van der Waals surface area contributed by atoms with Gasteiger partial charge in [-0.3, -0.25) is 33.3 Å². The molecule has 6 aromatic rings. The first kappa shape index (κ1) is 73.7. The molecule has 5 aromatic carbocycles. The number of aliphatic imine (C=N–C) groups is 1. The van der Waals surface area contributed by atoms with E-state index in [1.165, 1.54) is 12.3 Å². The summed E-state index contributed by atoms with van der Waals surface area (Å²) < 4.78 is 47.6. The van der Waals surface area contributed by atoms with Crippen LogP contribution in [0.1, 0.15) is 105 Å². The number of anilines is 1. The van der Waals surface area contributed by atoms with Crippen molar-refractivity contribution in [2.45, 2.75) is 148 Å². The quantitative estimate of drug-likeness (QED) is 0.00703. The molecule has 514 valence electrons. The number of phosphoric acid groups is 1. The number of aromatic nitrogens is 2. The molecule has 1 aromatic heterocycles. The van der Waals surface area contributed by atoms with Crippen LogP contribution in [0.15, 0.2) is 125 Å². The molecule has 2 heterocycles. The Bertz CT molecular complexity index is 3700. The number of nitrogens with one attached hydrogen (secondary N) is 6. The fourth-order valence-electron chi connectivity index (χ4n) is 10.5. The Labute approximate surface area is 552 Å². The second-order valence-electron chi connectivity index (χ2n) is 24.9. The Hall–Kier alpha value is -8.69. The zero-order chi connectivity index (χ0) is 68.8. The van der Waals surface area contributed by atoms with Crippen molar-refractivity contribution in [1.29, 1.82) is 0 Å². The smallest absolute Gasteiger partial charge is 0.493 e. The van der Waals surface area contributed by atoms with Crippen molar-refractivity contribution in [3.63, 3.8) is 0 Å². The van der Waals surface area contributed by atoms with Crippen LogP contribution in [0.25, 0.3) is 32.7 Å². The third kappa shape index (κ3) is 22.8. The Balaban J connectivity index is 1.06. The number of amides is 5. The number of nitrogens with zero attached hydrogens (tertiary/aromatic N) is 3. The number of hydrogen-bond acceptors (Lipinski definition) is 18. The minimum atomic E-state index is -5.03. The van der Waals surface area contributed by atoms with E-state index in [0.717, 1.165) is 43.7 Å². The molecule has 4 unspecified atom stereocenters. The summed E-state index contributed by atoms with van der Waals surface area (Å²) in [7, 11) is -5.03. The minimum Gasteiger partial charge on any atom is -0.493 e. The average Bonchev–Trinajstić information content (AvgIpc) is 1.12. The standard InChI is InChI=1S/C67H90N11O16P/c1-41(2)31-36-89-51-28-26-44-20-11-13-22-46(44)56(51)57-47-23-14-12-21-45(47)27-29-52(57)90-37-34-70-60(82)48(24-15-16-32-72-66(86)93-67(5,6)7)74-61(83)49(75-62(84)50(38-42(3)4)73-55(79)39-43-18-9-8-10-19-43)25-17-33-71-64(69)77-94-95(87,88)91-40-53-58(80)59(81)63(92-53)78-35-30-54(68)76-65(78)85/h8-14,18-23,26-30,35,41-42,48-50,53,58-59,63,80-81H,15-17,24-25,31-34,36-40H2,1-7H3,(H,70,82)(H,72,86)(H,73,79)(H,74,83)(H,75,84)(H,87,88)(H2,68,76,85)(H3,69,71,77)/t48?,49?,50?,53-,58-,59-,63-/m1/s1. The maximum Gasteiger partial charge on any atom is 0.493 e. The molecule has 8 atom stereocenters. The van der Waals surface area contributed by atoms with Gasteiger partial charge in [-0.1, -0.05) is 119 Å². The van der Waals surface area contributed by atoms with Crippen LogP contribution in [0.3, 0.4) is 0 Å². The maximum absolute atomic E-state index is 14.8. The topological polar surface area (TPSA) is 390 Å². The summed E-state index contributed by atoms with van der Waals surface area (Å²) in [6.07, 6.45) is -3.90. The van der Waals surface area contributed by atoms with E-state index in [9.17, 15) is 48.4 Å². The van der Waals surface area contributed by atoms with Crippen LogP contribution in [-0.2, 0) is 48.8 Å². The van der Waals surface area contributed by atoms with Gasteiger partial charge in [0, 0.05) is 30.4 Å². The van der Waals surface area contributed by atoms with Crippen molar-refractivity contribution in [3.05, 3.63) is 131 Å². The molecule has 28 heteroatoms. The number of aliphatic hydroxyl groups excluding tert-OH is 2. The van der Waals surface area contributed by atoms with Gasteiger partial charge in [0.15, 0.2) is 6.23 Å². The van der Waals surface area contributed by atoms with Gasteiger partial charge in [0.05, 0.1) is 26.2 Å². The molecule has 0 bridgehead atoms. The van der Waals surface area contributed by atoms with E-state index in [1.807, 2.05) is 92.1 Å². The number of carbonyl (C=O) groups excluding carboxylic acids is 5. The van der Waals surface area contributed by atoms with Gasteiger partial charge in [-0.2, -0.15) is 9.61 Å². The molecular weight excluding hydrogens is 1250 g/mol. The van der Waals surface area contributed by atoms with Crippen LogP contribution in [0.4, 0.5) is 10.6 Å². The Morgan fingerprint density at radius 3 is 1.93 bits per heavy atom. The number of hydrogen-bond donors (Lipinski definition) is 11. The second kappa shape index (κ2) is 35.2. The number of nitrogen functional groups attached to an aromatic ring is 1. The number of nitrogens with two attached hydrogens (primary N) is 2. The zero-order valence-electron chi connectivity index (χ0n) is 54.7. The lowest BCUT2D eigenvalue weighted by Crippen LogP contribution is -2.57. The zero-order valence-corrected chi connectivity index (χ0v) is 55.6. The lowest BCUT2D eigenvalue weighted by atomic mass is 9.92. The summed E-state index contributed by atoms with van der Waals surface area (Å²) in [4.78, 5) is 100. The Morgan fingerprint density at radius 2 is 1.31 bits per heavy atom. The molecule has 0 saturated carbocycles. The Morgan fingerprint density at radius 1 is 0.705 bits per heavy atom. The van der Waals surface area contributed by atoms with E-state index in [4.69, 9.17) is 39.6 Å². The molecule has 0 aliphatic carbocycles. The summed E-state index contributed by atoms with van der Waals surface area (Å²) in [6, 6.07) is 30.6. The van der Waals surface area contributed by atoms with Crippen molar-refractivity contribution in [1.82, 2.24) is 41.6 Å². The maximum atomic E-state index is 14.8. The number of phosphoric ester groups is 1. The molecule has 13 N–H and O–H groups in total. The monoisotopic (exact) mass is 1340 g/mol. The second-order valence-corrected chi connectivity index (χ2v) is 26.3. The van der Waals surface area contributed by atoms with Crippen molar-refractivity contribution in [2.75, 3.05) is 45.2 Å². The van der Waals surface area contributed by atoms with Gasteiger partial charge in [-0.25, -0.2) is 19.6 Å². The highest BCUT2D eigenvalue weighted by molar-refractivity contribution is 7.47. The molecule has 1 aliphatic rings. The van der Waals surface area contributed by atoms with Gasteiger partial charge >= 0.3 is 19.6 Å². The summed E-state index contributed by atoms with van der Waals surface area (Å²) in [5.74, 6) is -1.47. The summed E-state index contributed by atoms with van der Waals surface area (Å²) in [6.45, 7) is 13.0. The molecule has 1 aliphatic heterocycles. The van der Waals surface area contributed by atoms with Crippen molar-refractivity contribution in [3.8, 4) is 22.6 Å². The van der Waals surface area contributed by atoms with Gasteiger partial charge in [0.25, 0.3) is 0 Å². The van der Waals surface area contributed by atoms with E-state index in [0.29, 0.717) is 42.4 Å². The van der Waals surface area contributed by atoms with E-state index < -0.39 is 104 Å². The van der Waals surface area contributed by atoms with Gasteiger partial charge in [0.2, 0.25) is 29.6 Å².